The molecular formula is C11H12O4. The van der Waals surface area contributed by atoms with Crippen LogP contribution < -0.4 is 0 Å². The fourth-order valence-corrected chi connectivity index (χ4v) is 1.08. The van der Waals surface area contributed by atoms with Crippen LogP contribution >= 0.6 is 0 Å². The highest BCUT2D eigenvalue weighted by Crippen LogP contribution is 2.06. The van der Waals surface area contributed by atoms with Crippen molar-refractivity contribution in [2.75, 3.05) is 0 Å². The zero-order valence-corrected chi connectivity index (χ0v) is 8.34. The third-order valence-electron chi connectivity index (χ3n) is 1.91. The minimum absolute atomic E-state index is 0.258. The number of ether oxygens (including phenoxy) is 1. The third-order valence-corrected chi connectivity index (χ3v) is 1.91. The first-order valence-corrected chi connectivity index (χ1v) is 4.64. The van der Waals surface area contributed by atoms with Crippen molar-refractivity contribution in [1.82, 2.24) is 0 Å². The van der Waals surface area contributed by atoms with Crippen LogP contribution in [0, 0.1) is 0 Å². The minimum atomic E-state index is -1.12. The summed E-state index contributed by atoms with van der Waals surface area (Å²) in [6, 6.07) is 8.32. The number of rotatable bonds is 4. The summed E-state index contributed by atoms with van der Waals surface area (Å²) in [6.45, 7) is 1.65. The second kappa shape index (κ2) is 5.14. The number of carboxylic acids is 1. The lowest BCUT2D eigenvalue weighted by molar-refractivity contribution is -0.147. The average molecular weight is 208 g/mol. The van der Waals surface area contributed by atoms with E-state index in [1.54, 1.807) is 37.3 Å². The van der Waals surface area contributed by atoms with Gasteiger partial charge in [-0.1, -0.05) is 25.1 Å². The Kier molecular flexibility index (Phi) is 3.85. The van der Waals surface area contributed by atoms with Crippen molar-refractivity contribution in [1.29, 1.82) is 0 Å². The number of carbonyl (C=O) groups is 2. The summed E-state index contributed by atoms with van der Waals surface area (Å²) in [6.07, 6.45) is -0.814. The van der Waals surface area contributed by atoms with Gasteiger partial charge in [-0.3, -0.25) is 0 Å². The molecule has 0 saturated heterocycles. The van der Waals surface area contributed by atoms with E-state index in [-0.39, 0.29) is 6.42 Å². The summed E-state index contributed by atoms with van der Waals surface area (Å²) >= 11 is 0. The quantitative estimate of drug-likeness (QED) is 0.765. The number of carbonyl (C=O) groups excluding carboxylic acids is 1. The lowest BCUT2D eigenvalue weighted by Gasteiger charge is -2.11. The first-order chi connectivity index (χ1) is 7.15. The van der Waals surface area contributed by atoms with Crippen LogP contribution in [0.1, 0.15) is 23.7 Å². The van der Waals surface area contributed by atoms with Crippen LogP contribution in [0.25, 0.3) is 0 Å². The molecule has 0 fully saturated rings. The molecule has 4 nitrogen and oxygen atoms in total. The molecule has 1 rings (SSSR count). The van der Waals surface area contributed by atoms with Gasteiger partial charge in [-0.2, -0.15) is 0 Å². The Labute approximate surface area is 87.5 Å². The Morgan fingerprint density at radius 1 is 1.33 bits per heavy atom. The van der Waals surface area contributed by atoms with Gasteiger partial charge < -0.3 is 9.84 Å². The third kappa shape index (κ3) is 3.09. The predicted octanol–water partition coefficient (Wildman–Crippen LogP) is 1.71. The zero-order chi connectivity index (χ0) is 11.3. The molecule has 1 unspecified atom stereocenters. The van der Waals surface area contributed by atoms with Crippen molar-refractivity contribution >= 4 is 11.9 Å². The maximum absolute atomic E-state index is 11.4. The van der Waals surface area contributed by atoms with Crippen LogP contribution in [0.2, 0.25) is 0 Å². The smallest absolute Gasteiger partial charge is 0.345 e. The Balaban J connectivity index is 2.67. The fraction of sp³-hybridized carbons (Fsp3) is 0.273. The predicted molar refractivity (Wildman–Crippen MR) is 53.6 cm³/mol. The minimum Gasteiger partial charge on any atom is -0.479 e. The molecule has 0 radical (unpaired) electrons. The Morgan fingerprint density at radius 3 is 2.40 bits per heavy atom. The van der Waals surface area contributed by atoms with Gasteiger partial charge in [-0.05, 0) is 18.6 Å². The van der Waals surface area contributed by atoms with Crippen LogP contribution in [0.4, 0.5) is 0 Å². The van der Waals surface area contributed by atoms with E-state index in [0.717, 1.165) is 0 Å². The molecule has 0 amide bonds. The summed E-state index contributed by atoms with van der Waals surface area (Å²) < 4.78 is 4.81. The van der Waals surface area contributed by atoms with Gasteiger partial charge in [-0.25, -0.2) is 9.59 Å². The number of esters is 1. The molecule has 80 valence electrons. The van der Waals surface area contributed by atoms with Crippen molar-refractivity contribution in [2.45, 2.75) is 19.4 Å². The molecule has 1 aromatic carbocycles. The summed E-state index contributed by atoms with van der Waals surface area (Å²) in [5.41, 5.74) is 0.359. The fourth-order valence-electron chi connectivity index (χ4n) is 1.08. The van der Waals surface area contributed by atoms with Gasteiger partial charge in [0.25, 0.3) is 0 Å². The van der Waals surface area contributed by atoms with Gasteiger partial charge in [0, 0.05) is 0 Å². The monoisotopic (exact) mass is 208 g/mol. The highest BCUT2D eigenvalue weighted by atomic mass is 16.6. The van der Waals surface area contributed by atoms with Gasteiger partial charge in [0.2, 0.25) is 0 Å². The second-order valence-electron chi connectivity index (χ2n) is 3.01. The van der Waals surface area contributed by atoms with E-state index in [9.17, 15) is 9.59 Å². The van der Waals surface area contributed by atoms with Gasteiger partial charge >= 0.3 is 11.9 Å². The van der Waals surface area contributed by atoms with E-state index in [0.29, 0.717) is 5.56 Å². The van der Waals surface area contributed by atoms with Crippen LogP contribution in [-0.4, -0.2) is 23.1 Å². The Bertz CT molecular complexity index is 345. The summed E-state index contributed by atoms with van der Waals surface area (Å²) in [7, 11) is 0. The molecule has 0 heterocycles. The SMILES string of the molecule is CCC(OC(=O)c1ccccc1)C(=O)O. The lowest BCUT2D eigenvalue weighted by Crippen LogP contribution is -2.26. The van der Waals surface area contributed by atoms with Gasteiger partial charge in [0.05, 0.1) is 5.56 Å². The highest BCUT2D eigenvalue weighted by Gasteiger charge is 2.20. The number of hydrogen-bond acceptors (Lipinski definition) is 3. The van der Waals surface area contributed by atoms with E-state index in [4.69, 9.17) is 9.84 Å². The number of hydrogen-bond donors (Lipinski definition) is 1. The maximum atomic E-state index is 11.4. The second-order valence-corrected chi connectivity index (χ2v) is 3.01. The molecule has 0 aliphatic carbocycles. The molecule has 15 heavy (non-hydrogen) atoms. The molecule has 1 N–H and O–H groups in total. The van der Waals surface area contributed by atoms with E-state index >= 15 is 0 Å². The highest BCUT2D eigenvalue weighted by molar-refractivity contribution is 5.91. The standard InChI is InChI=1S/C11H12O4/c1-2-9(10(12)13)15-11(14)8-6-4-3-5-7-8/h3-7,9H,2H2,1H3,(H,12,13). The van der Waals surface area contributed by atoms with Crippen molar-refractivity contribution in [3.05, 3.63) is 35.9 Å². The number of aliphatic carboxylic acids is 1. The molecule has 0 aliphatic heterocycles. The maximum Gasteiger partial charge on any atom is 0.345 e. The molecule has 0 saturated carbocycles. The summed E-state index contributed by atoms with van der Waals surface area (Å²) in [4.78, 5) is 22.1. The Morgan fingerprint density at radius 2 is 1.93 bits per heavy atom. The first-order valence-electron chi connectivity index (χ1n) is 4.64. The van der Waals surface area contributed by atoms with Crippen molar-refractivity contribution in [3.63, 3.8) is 0 Å². The van der Waals surface area contributed by atoms with Crippen LogP contribution in [0.3, 0.4) is 0 Å². The number of benzene rings is 1. The zero-order valence-electron chi connectivity index (χ0n) is 8.34. The molecule has 0 spiro atoms. The van der Waals surface area contributed by atoms with E-state index in [1.807, 2.05) is 0 Å². The van der Waals surface area contributed by atoms with Gasteiger partial charge in [0.1, 0.15) is 0 Å². The van der Waals surface area contributed by atoms with E-state index in [2.05, 4.69) is 0 Å². The van der Waals surface area contributed by atoms with Gasteiger partial charge in [0.15, 0.2) is 6.10 Å². The van der Waals surface area contributed by atoms with E-state index < -0.39 is 18.0 Å². The average Bonchev–Trinajstić information content (AvgIpc) is 2.26. The van der Waals surface area contributed by atoms with Crippen molar-refractivity contribution < 1.29 is 19.4 Å². The molecule has 1 aromatic rings. The largest absolute Gasteiger partial charge is 0.479 e. The molecule has 1 atom stereocenters. The first kappa shape index (κ1) is 11.2. The summed E-state index contributed by atoms with van der Waals surface area (Å²) in [5.74, 6) is -1.73. The van der Waals surface area contributed by atoms with E-state index in [1.165, 1.54) is 0 Å². The molecule has 0 bridgehead atoms. The van der Waals surface area contributed by atoms with Crippen LogP contribution in [0.5, 0.6) is 0 Å². The topological polar surface area (TPSA) is 63.6 Å². The molecule has 4 heteroatoms. The molecular weight excluding hydrogens is 196 g/mol. The Hall–Kier alpha value is -1.84. The lowest BCUT2D eigenvalue weighted by atomic mass is 10.2. The van der Waals surface area contributed by atoms with Crippen molar-refractivity contribution in [3.8, 4) is 0 Å². The number of carboxylic acid groups (broad SMARTS) is 1. The normalized spacial score (nSPS) is 11.8. The van der Waals surface area contributed by atoms with Gasteiger partial charge in [-0.15, -0.1) is 0 Å². The van der Waals surface area contributed by atoms with Crippen LogP contribution in [0.15, 0.2) is 30.3 Å². The van der Waals surface area contributed by atoms with Crippen molar-refractivity contribution in [2.24, 2.45) is 0 Å². The molecule has 0 aliphatic rings. The molecule has 0 aromatic heterocycles. The van der Waals surface area contributed by atoms with Crippen LogP contribution in [-0.2, 0) is 9.53 Å². The summed E-state index contributed by atoms with van der Waals surface area (Å²) in [5, 5.41) is 8.69.